The minimum absolute atomic E-state index is 0.0643. The van der Waals surface area contributed by atoms with Gasteiger partial charge in [0.2, 0.25) is 0 Å². The molecule has 1 amide bonds. The van der Waals surface area contributed by atoms with E-state index in [1.165, 1.54) is 6.92 Å². The number of thiazole rings is 1. The van der Waals surface area contributed by atoms with Crippen molar-refractivity contribution in [3.63, 3.8) is 0 Å². The van der Waals surface area contributed by atoms with Gasteiger partial charge in [-0.25, -0.2) is 4.98 Å². The number of halogens is 2. The molecule has 0 radical (unpaired) electrons. The number of rotatable bonds is 5. The van der Waals surface area contributed by atoms with Crippen molar-refractivity contribution in [2.75, 3.05) is 11.9 Å². The molecule has 1 N–H and O–H groups in total. The fraction of sp³-hybridized carbons (Fsp3) is 0.214. The molecule has 0 saturated heterocycles. The summed E-state index contributed by atoms with van der Waals surface area (Å²) in [5, 5.41) is 3.02. The molecule has 2 rings (SSSR count). The quantitative estimate of drug-likeness (QED) is 0.697. The predicted octanol–water partition coefficient (Wildman–Crippen LogP) is 4.20. The first-order valence-corrected chi connectivity index (χ1v) is 8.63. The van der Waals surface area contributed by atoms with Crippen LogP contribution in [0.5, 0.6) is 5.75 Å². The Labute approximate surface area is 148 Å². The monoisotopic (exact) mass is 446 g/mol. The fourth-order valence-electron chi connectivity index (χ4n) is 1.67. The lowest BCUT2D eigenvalue weighted by Gasteiger charge is -2.07. The van der Waals surface area contributed by atoms with Gasteiger partial charge in [-0.15, -0.1) is 0 Å². The van der Waals surface area contributed by atoms with Crippen LogP contribution in [0.25, 0.3) is 0 Å². The zero-order chi connectivity index (χ0) is 16.3. The molecular weight excluding hydrogens is 436 g/mol. The smallest absolute Gasteiger partial charge is 0.264 e. The molecule has 0 aliphatic carbocycles. The van der Waals surface area contributed by atoms with Crippen molar-refractivity contribution >= 4 is 60.0 Å². The number of anilines is 1. The molecule has 0 saturated carbocycles. The molecule has 0 aliphatic heterocycles. The zero-order valence-corrected chi connectivity index (χ0v) is 15.8. The van der Waals surface area contributed by atoms with Gasteiger partial charge in [0.15, 0.2) is 17.5 Å². The summed E-state index contributed by atoms with van der Waals surface area (Å²) in [5.41, 5.74) is 0.615. The number of amides is 1. The number of aryl methyl sites for hydroxylation is 1. The Morgan fingerprint density at radius 1 is 1.36 bits per heavy atom. The minimum Gasteiger partial charge on any atom is -0.483 e. The molecular formula is C14H12Br2N2O3S. The number of nitrogens with zero attached hydrogens (tertiary/aromatic N) is 1. The van der Waals surface area contributed by atoms with Gasteiger partial charge in [-0.2, -0.15) is 0 Å². The average Bonchev–Trinajstić information content (AvgIpc) is 2.78. The van der Waals surface area contributed by atoms with Gasteiger partial charge in [0.05, 0.1) is 15.0 Å². The summed E-state index contributed by atoms with van der Waals surface area (Å²) < 4.78 is 7.10. The van der Waals surface area contributed by atoms with E-state index in [1.807, 2.05) is 12.1 Å². The summed E-state index contributed by atoms with van der Waals surface area (Å²) in [6.45, 7) is 3.06. The summed E-state index contributed by atoms with van der Waals surface area (Å²) in [6, 6.07) is 5.40. The Balaban J connectivity index is 1.96. The minimum atomic E-state index is -0.335. The first-order valence-electron chi connectivity index (χ1n) is 6.23. The van der Waals surface area contributed by atoms with E-state index in [1.54, 1.807) is 13.0 Å². The highest BCUT2D eigenvalue weighted by Crippen LogP contribution is 2.28. The van der Waals surface area contributed by atoms with E-state index in [0.717, 1.165) is 20.3 Å². The van der Waals surface area contributed by atoms with Crippen molar-refractivity contribution in [1.29, 1.82) is 0 Å². The Morgan fingerprint density at radius 2 is 2.09 bits per heavy atom. The Bertz CT molecular complexity index is 731. The van der Waals surface area contributed by atoms with Gasteiger partial charge >= 0.3 is 0 Å². The van der Waals surface area contributed by atoms with Crippen LogP contribution < -0.4 is 10.1 Å². The van der Waals surface area contributed by atoms with Crippen LogP contribution in [0.15, 0.2) is 27.1 Å². The van der Waals surface area contributed by atoms with Crippen molar-refractivity contribution < 1.29 is 14.3 Å². The lowest BCUT2D eigenvalue weighted by atomic mass is 10.3. The first-order chi connectivity index (χ1) is 10.4. The summed E-state index contributed by atoms with van der Waals surface area (Å²) >= 11 is 7.86. The van der Waals surface area contributed by atoms with Crippen molar-refractivity contribution in [2.45, 2.75) is 13.8 Å². The van der Waals surface area contributed by atoms with Gasteiger partial charge in [-0.1, -0.05) is 27.3 Å². The number of ketones is 1. The topological polar surface area (TPSA) is 68.3 Å². The number of hydrogen-bond acceptors (Lipinski definition) is 5. The van der Waals surface area contributed by atoms with Crippen LogP contribution in [0.1, 0.15) is 22.3 Å². The third kappa shape index (κ3) is 4.37. The second kappa shape index (κ2) is 7.34. The molecule has 22 heavy (non-hydrogen) atoms. The molecule has 1 aromatic heterocycles. The number of carbonyl (C=O) groups excluding carboxylic acids is 2. The number of aromatic nitrogens is 1. The maximum atomic E-state index is 11.9. The van der Waals surface area contributed by atoms with Crippen LogP contribution in [0.3, 0.4) is 0 Å². The standard InChI is InChI=1S/C14H12Br2N2O3S/c1-7-13(8(2)19)22-14(17-7)18-12(20)6-21-11-4-3-9(15)5-10(11)16/h3-5H,6H2,1-2H3,(H,17,18,20). The van der Waals surface area contributed by atoms with Gasteiger partial charge in [0, 0.05) is 11.4 Å². The van der Waals surface area contributed by atoms with E-state index in [9.17, 15) is 9.59 Å². The molecule has 1 heterocycles. The molecule has 0 bridgehead atoms. The van der Waals surface area contributed by atoms with Crippen molar-refractivity contribution in [3.05, 3.63) is 37.7 Å². The lowest BCUT2D eigenvalue weighted by molar-refractivity contribution is -0.118. The van der Waals surface area contributed by atoms with Gasteiger partial charge in [0.25, 0.3) is 5.91 Å². The second-order valence-corrected chi connectivity index (χ2v) is 7.17. The molecule has 2 aromatic rings. The number of nitrogens with one attached hydrogen (secondary N) is 1. The van der Waals surface area contributed by atoms with Gasteiger partial charge in [0.1, 0.15) is 5.75 Å². The molecule has 116 valence electrons. The number of hydrogen-bond donors (Lipinski definition) is 1. The van der Waals surface area contributed by atoms with E-state index >= 15 is 0 Å². The van der Waals surface area contributed by atoms with E-state index in [-0.39, 0.29) is 18.3 Å². The largest absolute Gasteiger partial charge is 0.483 e. The zero-order valence-electron chi connectivity index (χ0n) is 11.8. The third-order valence-corrected chi connectivity index (χ3v) is 4.90. The van der Waals surface area contributed by atoms with Gasteiger partial charge < -0.3 is 4.74 Å². The normalized spacial score (nSPS) is 10.4. The highest BCUT2D eigenvalue weighted by Gasteiger charge is 2.14. The molecule has 8 heteroatoms. The number of ether oxygens (including phenoxy) is 1. The van der Waals surface area contributed by atoms with Gasteiger partial charge in [-0.05, 0) is 41.1 Å². The highest BCUT2D eigenvalue weighted by atomic mass is 79.9. The molecule has 0 spiro atoms. The lowest BCUT2D eigenvalue weighted by Crippen LogP contribution is -2.20. The Hall–Kier alpha value is -1.25. The van der Waals surface area contributed by atoms with Crippen LogP contribution >= 0.6 is 43.2 Å². The molecule has 0 unspecified atom stereocenters. The Kier molecular flexibility index (Phi) is 5.71. The summed E-state index contributed by atoms with van der Waals surface area (Å²) in [5.74, 6) is 0.169. The maximum Gasteiger partial charge on any atom is 0.264 e. The summed E-state index contributed by atoms with van der Waals surface area (Å²) in [6.07, 6.45) is 0. The van der Waals surface area contributed by atoms with Crippen LogP contribution in [0.2, 0.25) is 0 Å². The van der Waals surface area contributed by atoms with E-state index in [0.29, 0.717) is 21.5 Å². The molecule has 0 fully saturated rings. The van der Waals surface area contributed by atoms with Gasteiger partial charge in [-0.3, -0.25) is 14.9 Å². The molecule has 0 aliphatic rings. The highest BCUT2D eigenvalue weighted by molar-refractivity contribution is 9.11. The molecule has 1 aromatic carbocycles. The average molecular weight is 448 g/mol. The number of benzene rings is 1. The third-order valence-electron chi connectivity index (χ3n) is 2.62. The fourth-order valence-corrected chi connectivity index (χ4v) is 3.71. The maximum absolute atomic E-state index is 11.9. The van der Waals surface area contributed by atoms with Crippen LogP contribution in [0, 0.1) is 6.92 Å². The van der Waals surface area contributed by atoms with Crippen LogP contribution in [0.4, 0.5) is 5.13 Å². The predicted molar refractivity (Wildman–Crippen MR) is 92.8 cm³/mol. The molecule has 5 nitrogen and oxygen atoms in total. The Morgan fingerprint density at radius 3 is 2.68 bits per heavy atom. The van der Waals surface area contributed by atoms with E-state index in [4.69, 9.17) is 4.74 Å². The van der Waals surface area contributed by atoms with Crippen molar-refractivity contribution in [1.82, 2.24) is 4.98 Å². The van der Waals surface area contributed by atoms with E-state index in [2.05, 4.69) is 42.2 Å². The second-order valence-electron chi connectivity index (χ2n) is 4.40. The van der Waals surface area contributed by atoms with Crippen molar-refractivity contribution in [2.24, 2.45) is 0 Å². The van der Waals surface area contributed by atoms with Crippen LogP contribution in [-0.4, -0.2) is 23.3 Å². The SMILES string of the molecule is CC(=O)c1sc(NC(=O)COc2ccc(Br)cc2Br)nc1C. The number of Topliss-reactive ketones (excluding diaryl/α,β-unsaturated/α-hetero) is 1. The summed E-state index contributed by atoms with van der Waals surface area (Å²) in [7, 11) is 0. The van der Waals surface area contributed by atoms with Crippen LogP contribution in [-0.2, 0) is 4.79 Å². The number of carbonyl (C=O) groups is 2. The summed E-state index contributed by atoms with van der Waals surface area (Å²) in [4.78, 5) is 27.9. The first kappa shape index (κ1) is 17.1. The van der Waals surface area contributed by atoms with Crippen molar-refractivity contribution in [3.8, 4) is 5.75 Å². The molecule has 0 atom stereocenters. The van der Waals surface area contributed by atoms with E-state index < -0.39 is 0 Å².